The van der Waals surface area contributed by atoms with E-state index in [4.69, 9.17) is 10.8 Å². The van der Waals surface area contributed by atoms with Crippen molar-refractivity contribution >= 4 is 5.91 Å². The van der Waals surface area contributed by atoms with Gasteiger partial charge in [-0.15, -0.1) is 5.10 Å². The van der Waals surface area contributed by atoms with Gasteiger partial charge in [0.15, 0.2) is 0 Å². The van der Waals surface area contributed by atoms with Crippen molar-refractivity contribution in [1.82, 2.24) is 20.3 Å². The molecule has 7 nitrogen and oxygen atoms in total. The summed E-state index contributed by atoms with van der Waals surface area (Å²) in [5.41, 5.74) is 6.04. The van der Waals surface area contributed by atoms with E-state index in [1.54, 1.807) is 6.20 Å². The molecule has 0 aromatic carbocycles. The van der Waals surface area contributed by atoms with Crippen molar-refractivity contribution in [2.75, 3.05) is 6.61 Å². The fourth-order valence-corrected chi connectivity index (χ4v) is 1.68. The molecule has 4 N–H and O–H groups in total. The molecule has 0 bridgehead atoms. The number of hydrogen-bond donors (Lipinski definition) is 3. The second-order valence-corrected chi connectivity index (χ2v) is 4.69. The normalized spacial score (nSPS) is 12.7. The summed E-state index contributed by atoms with van der Waals surface area (Å²) < 4.78 is 1.43. The summed E-state index contributed by atoms with van der Waals surface area (Å²) in [4.78, 5) is 11.7. The van der Waals surface area contributed by atoms with Gasteiger partial charge >= 0.3 is 0 Å². The number of aromatic nitrogens is 3. The molecule has 0 aliphatic carbocycles. The lowest BCUT2D eigenvalue weighted by Gasteiger charge is -2.18. The lowest BCUT2D eigenvalue weighted by atomic mass is 10.0. The molecule has 7 heteroatoms. The van der Waals surface area contributed by atoms with Crippen LogP contribution in [0, 0.1) is 5.92 Å². The number of rotatable bonds is 7. The molecule has 1 amide bonds. The number of aliphatic hydroxyl groups is 1. The molecular weight excluding hydrogens is 234 g/mol. The average molecular weight is 255 g/mol. The third-order valence-electron chi connectivity index (χ3n) is 2.44. The minimum absolute atomic E-state index is 0.0602. The number of aliphatic hydroxyl groups excluding tert-OH is 1. The molecule has 0 aliphatic rings. The first kappa shape index (κ1) is 14.6. The molecule has 1 rings (SSSR count). The third-order valence-corrected chi connectivity index (χ3v) is 2.44. The topological polar surface area (TPSA) is 106 Å². The highest BCUT2D eigenvalue weighted by atomic mass is 16.3. The molecule has 1 aromatic rings. The molecular formula is C11H21N5O2. The number of nitrogens with two attached hydrogens (primary N) is 1. The summed E-state index contributed by atoms with van der Waals surface area (Å²) >= 11 is 0. The number of amides is 1. The van der Waals surface area contributed by atoms with Crippen LogP contribution in [0.4, 0.5) is 0 Å². The van der Waals surface area contributed by atoms with Gasteiger partial charge in [-0.25, -0.2) is 4.68 Å². The first-order chi connectivity index (χ1) is 8.55. The van der Waals surface area contributed by atoms with Gasteiger partial charge in [-0.05, 0) is 12.3 Å². The fraction of sp³-hybridized carbons (Fsp3) is 0.727. The quantitative estimate of drug-likeness (QED) is 0.595. The van der Waals surface area contributed by atoms with Gasteiger partial charge in [0, 0.05) is 6.54 Å². The Balaban J connectivity index is 2.44. The summed E-state index contributed by atoms with van der Waals surface area (Å²) in [5.74, 6) is 0.223. The van der Waals surface area contributed by atoms with E-state index < -0.39 is 0 Å². The maximum absolute atomic E-state index is 11.7. The van der Waals surface area contributed by atoms with E-state index >= 15 is 0 Å². The van der Waals surface area contributed by atoms with E-state index in [2.05, 4.69) is 15.6 Å². The van der Waals surface area contributed by atoms with Crippen molar-refractivity contribution < 1.29 is 9.90 Å². The van der Waals surface area contributed by atoms with Gasteiger partial charge in [0.25, 0.3) is 0 Å². The molecule has 102 valence electrons. The van der Waals surface area contributed by atoms with Crippen LogP contribution in [0.2, 0.25) is 0 Å². The highest BCUT2D eigenvalue weighted by molar-refractivity contribution is 5.75. The van der Waals surface area contributed by atoms with Crippen molar-refractivity contribution in [1.29, 1.82) is 0 Å². The molecule has 1 atom stereocenters. The van der Waals surface area contributed by atoms with Crippen LogP contribution >= 0.6 is 0 Å². The molecule has 0 radical (unpaired) electrons. The molecule has 0 spiro atoms. The molecule has 0 fully saturated rings. The molecule has 0 saturated carbocycles. The van der Waals surface area contributed by atoms with E-state index in [0.29, 0.717) is 18.2 Å². The van der Waals surface area contributed by atoms with Crippen LogP contribution in [0.5, 0.6) is 0 Å². The minimum Gasteiger partial charge on any atom is -0.394 e. The zero-order valence-electron chi connectivity index (χ0n) is 10.8. The molecule has 1 aromatic heterocycles. The first-order valence-corrected chi connectivity index (χ1v) is 6.04. The van der Waals surface area contributed by atoms with Gasteiger partial charge in [0.2, 0.25) is 5.91 Å². The summed E-state index contributed by atoms with van der Waals surface area (Å²) in [6.45, 7) is 4.41. The molecule has 18 heavy (non-hydrogen) atoms. The maximum Gasteiger partial charge on any atom is 0.242 e. The Morgan fingerprint density at radius 3 is 2.83 bits per heavy atom. The number of nitrogens with one attached hydrogen (secondary N) is 1. The zero-order chi connectivity index (χ0) is 13.5. The summed E-state index contributed by atoms with van der Waals surface area (Å²) in [6, 6.07) is -0.213. The van der Waals surface area contributed by atoms with Crippen LogP contribution in [0.3, 0.4) is 0 Å². The predicted molar refractivity (Wildman–Crippen MR) is 66.4 cm³/mol. The summed E-state index contributed by atoms with van der Waals surface area (Å²) in [6.07, 6.45) is 2.38. The Bertz CT molecular complexity index is 377. The monoisotopic (exact) mass is 255 g/mol. The van der Waals surface area contributed by atoms with E-state index in [9.17, 15) is 4.79 Å². The Kier molecular flexibility index (Phi) is 5.73. The predicted octanol–water partition coefficient (Wildman–Crippen LogP) is -0.740. The second-order valence-electron chi connectivity index (χ2n) is 4.69. The lowest BCUT2D eigenvalue weighted by Crippen LogP contribution is -2.40. The zero-order valence-corrected chi connectivity index (χ0v) is 10.8. The SMILES string of the molecule is CC(C)CC(CO)NC(=O)Cn1cc(CN)nn1. The second kappa shape index (κ2) is 7.07. The largest absolute Gasteiger partial charge is 0.394 e. The van der Waals surface area contributed by atoms with Gasteiger partial charge in [-0.3, -0.25) is 4.79 Å². The fourth-order valence-electron chi connectivity index (χ4n) is 1.68. The minimum atomic E-state index is -0.213. The number of nitrogens with zero attached hydrogens (tertiary/aromatic N) is 3. The lowest BCUT2D eigenvalue weighted by molar-refractivity contribution is -0.123. The van der Waals surface area contributed by atoms with Crippen molar-refractivity contribution in [2.45, 2.75) is 39.4 Å². The van der Waals surface area contributed by atoms with Crippen LogP contribution in [0.15, 0.2) is 6.20 Å². The summed E-state index contributed by atoms with van der Waals surface area (Å²) in [7, 11) is 0. The van der Waals surface area contributed by atoms with Crippen LogP contribution in [-0.4, -0.2) is 38.7 Å². The van der Waals surface area contributed by atoms with E-state index in [1.165, 1.54) is 4.68 Å². The van der Waals surface area contributed by atoms with Crippen molar-refractivity contribution in [3.05, 3.63) is 11.9 Å². The van der Waals surface area contributed by atoms with E-state index in [1.807, 2.05) is 13.8 Å². The van der Waals surface area contributed by atoms with Gasteiger partial charge in [0.05, 0.1) is 24.5 Å². The first-order valence-electron chi connectivity index (χ1n) is 6.04. The average Bonchev–Trinajstić information content (AvgIpc) is 2.75. The van der Waals surface area contributed by atoms with Crippen molar-refractivity contribution in [3.8, 4) is 0 Å². The Morgan fingerprint density at radius 2 is 2.33 bits per heavy atom. The number of hydrogen-bond acceptors (Lipinski definition) is 5. The van der Waals surface area contributed by atoms with Crippen LogP contribution in [-0.2, 0) is 17.9 Å². The molecule has 0 aliphatic heterocycles. The van der Waals surface area contributed by atoms with Crippen LogP contribution in [0.25, 0.3) is 0 Å². The van der Waals surface area contributed by atoms with Gasteiger partial charge in [-0.2, -0.15) is 0 Å². The van der Waals surface area contributed by atoms with Gasteiger partial charge < -0.3 is 16.2 Å². The Morgan fingerprint density at radius 1 is 1.61 bits per heavy atom. The van der Waals surface area contributed by atoms with Crippen molar-refractivity contribution in [3.63, 3.8) is 0 Å². The molecule has 1 unspecified atom stereocenters. The number of carbonyl (C=O) groups excluding carboxylic acids is 1. The van der Waals surface area contributed by atoms with Crippen LogP contribution < -0.4 is 11.1 Å². The van der Waals surface area contributed by atoms with E-state index in [0.717, 1.165) is 6.42 Å². The van der Waals surface area contributed by atoms with Gasteiger partial charge in [-0.1, -0.05) is 19.1 Å². The Hall–Kier alpha value is -1.47. The van der Waals surface area contributed by atoms with Crippen LogP contribution in [0.1, 0.15) is 26.0 Å². The maximum atomic E-state index is 11.7. The van der Waals surface area contributed by atoms with Crippen molar-refractivity contribution in [2.24, 2.45) is 11.7 Å². The Labute approximate surface area is 106 Å². The standard InChI is InChI=1S/C11H21N5O2/c1-8(2)3-9(7-17)13-11(18)6-16-5-10(4-12)14-15-16/h5,8-9,17H,3-4,6-7,12H2,1-2H3,(H,13,18). The number of carbonyl (C=O) groups is 1. The van der Waals surface area contributed by atoms with Gasteiger partial charge in [0.1, 0.15) is 6.54 Å². The summed E-state index contributed by atoms with van der Waals surface area (Å²) in [5, 5.41) is 19.5. The third kappa shape index (κ3) is 4.80. The molecule has 0 saturated heterocycles. The van der Waals surface area contributed by atoms with E-state index in [-0.39, 0.29) is 25.1 Å². The smallest absolute Gasteiger partial charge is 0.242 e. The molecule has 1 heterocycles. The highest BCUT2D eigenvalue weighted by Crippen LogP contribution is 2.04. The highest BCUT2D eigenvalue weighted by Gasteiger charge is 2.13.